The van der Waals surface area contributed by atoms with Crippen molar-refractivity contribution in [1.82, 2.24) is 0 Å². The van der Waals surface area contributed by atoms with E-state index in [-0.39, 0.29) is 24.2 Å². The fourth-order valence-corrected chi connectivity index (χ4v) is 0.408. The van der Waals surface area contributed by atoms with Gasteiger partial charge in [-0.15, -0.1) is 6.42 Å². The third-order valence-electron chi connectivity index (χ3n) is 0.753. The van der Waals surface area contributed by atoms with Gasteiger partial charge in [-0.25, -0.2) is 12.2 Å². The minimum Gasteiger partial charge on any atom is -0.483 e. The molecular weight excluding hydrogens is 235 g/mol. The minimum atomic E-state index is -2.12. The van der Waals surface area contributed by atoms with Gasteiger partial charge in [-0.05, 0) is 0 Å². The van der Waals surface area contributed by atoms with Crippen LogP contribution in [0, 0.1) is 13.5 Å². The molecule has 1 aliphatic carbocycles. The Morgan fingerprint density at radius 3 is 1.86 bits per heavy atom. The van der Waals surface area contributed by atoms with Crippen LogP contribution in [0.25, 0.3) is 0 Å². The molecule has 0 heterocycles. The van der Waals surface area contributed by atoms with E-state index < -0.39 is 12.3 Å². The molecule has 0 fully saturated rings. The van der Waals surface area contributed by atoms with Gasteiger partial charge < -0.3 is 32.0 Å². The zero-order chi connectivity index (χ0) is 9.40. The van der Waals surface area contributed by atoms with Gasteiger partial charge in [0.05, 0.1) is 0 Å². The maximum atomic E-state index is 9.06. The molecule has 0 saturated carbocycles. The molecule has 81 valence electrons. The number of ether oxygens (including phenoxy) is 1. The summed E-state index contributed by atoms with van der Waals surface area (Å²) in [6.45, 7) is 0. The molecule has 0 spiro atoms. The summed E-state index contributed by atoms with van der Waals surface area (Å²) in [5, 5.41) is 18.1. The molecule has 0 aromatic rings. The van der Waals surface area contributed by atoms with Crippen LogP contribution in [0.1, 0.15) is 6.42 Å². The normalized spacial score (nSPS) is 10.0. The average molecular weight is 243 g/mol. The van der Waals surface area contributed by atoms with Crippen LogP contribution in [-0.2, 0) is 21.5 Å². The Morgan fingerprint density at radius 2 is 1.79 bits per heavy atom. The largest absolute Gasteiger partial charge is 2.00 e. The van der Waals surface area contributed by atoms with Crippen LogP contribution in [0.4, 0.5) is 9.59 Å². The molecule has 0 bridgehead atoms. The van der Waals surface area contributed by atoms with Crippen molar-refractivity contribution < 1.29 is 41.3 Å². The molecule has 0 atom stereocenters. The van der Waals surface area contributed by atoms with Crippen LogP contribution in [0.5, 0.6) is 0 Å². The molecule has 6 heteroatoms. The Balaban J connectivity index is -0.000000155. The van der Waals surface area contributed by atoms with Gasteiger partial charge in [-0.2, -0.15) is 6.08 Å². The Hall–Kier alpha value is -1.27. The van der Waals surface area contributed by atoms with E-state index in [0.717, 1.165) is 6.42 Å². The van der Waals surface area contributed by atoms with Gasteiger partial charge in [0.1, 0.15) is 0 Å². The summed E-state index contributed by atoms with van der Waals surface area (Å²) in [6, 6.07) is 0. The van der Waals surface area contributed by atoms with E-state index in [1.165, 1.54) is 0 Å². The van der Waals surface area contributed by atoms with Crippen LogP contribution in [-0.4, -0.2) is 12.3 Å². The van der Waals surface area contributed by atoms with E-state index in [1.807, 2.05) is 12.2 Å². The molecule has 1 rings (SSSR count). The molecule has 1 aliphatic rings. The third-order valence-corrected chi connectivity index (χ3v) is 0.753. The molecular formula is C8H8CoO5-2. The first-order chi connectivity index (χ1) is 5.63. The second-order valence-electron chi connectivity index (χ2n) is 1.61. The van der Waals surface area contributed by atoms with Gasteiger partial charge in [-0.1, -0.05) is 0 Å². The summed E-state index contributed by atoms with van der Waals surface area (Å²) in [6.07, 6.45) is 5.75. The maximum Gasteiger partial charge on any atom is 2.00 e. The quantitative estimate of drug-likeness (QED) is 0.323. The van der Waals surface area contributed by atoms with E-state index in [0.29, 0.717) is 0 Å². The van der Waals surface area contributed by atoms with Gasteiger partial charge in [0.25, 0.3) is 12.3 Å². The van der Waals surface area contributed by atoms with Gasteiger partial charge in [-0.3, -0.25) is 6.08 Å². The summed E-state index contributed by atoms with van der Waals surface area (Å²) in [5.41, 5.74) is 0. The molecule has 0 saturated heterocycles. The SMILES string of the molecule is O=C([O-])OC(=O)[O-].[C-]1=CC=CC1.[CH3-].[Co+2]. The number of rotatable bonds is 0. The van der Waals surface area contributed by atoms with Crippen LogP contribution in [0.15, 0.2) is 18.2 Å². The molecule has 0 aliphatic heterocycles. The topological polar surface area (TPSA) is 89.5 Å². The van der Waals surface area contributed by atoms with Crippen LogP contribution in [0.2, 0.25) is 0 Å². The first-order valence-corrected chi connectivity index (χ1v) is 2.94. The third kappa shape index (κ3) is 17.0. The molecule has 0 N–H and O–H groups in total. The van der Waals surface area contributed by atoms with Crippen molar-refractivity contribution >= 4 is 12.3 Å². The van der Waals surface area contributed by atoms with Gasteiger partial charge in [0.15, 0.2) is 0 Å². The van der Waals surface area contributed by atoms with Crippen molar-refractivity contribution in [2.75, 3.05) is 0 Å². The number of hydrogen-bond donors (Lipinski definition) is 0. The molecule has 0 aromatic carbocycles. The Bertz CT molecular complexity index is 200. The van der Waals surface area contributed by atoms with Crippen LogP contribution in [0.3, 0.4) is 0 Å². The fraction of sp³-hybridized carbons (Fsp3) is 0.125. The van der Waals surface area contributed by atoms with Crippen molar-refractivity contribution in [2.24, 2.45) is 0 Å². The first-order valence-electron chi connectivity index (χ1n) is 2.94. The second kappa shape index (κ2) is 11.7. The summed E-state index contributed by atoms with van der Waals surface area (Å²) in [7, 11) is 0. The van der Waals surface area contributed by atoms with E-state index in [4.69, 9.17) is 19.8 Å². The number of carbonyl (C=O) groups is 2. The molecule has 14 heavy (non-hydrogen) atoms. The Labute approximate surface area is 92.3 Å². The summed E-state index contributed by atoms with van der Waals surface area (Å²) in [4.78, 5) is 18.1. The first kappa shape index (κ1) is 18.5. The number of carbonyl (C=O) groups excluding carboxylic acids is 2. The average Bonchev–Trinajstić information content (AvgIpc) is 2.36. The Morgan fingerprint density at radius 1 is 1.29 bits per heavy atom. The zero-order valence-electron chi connectivity index (χ0n) is 7.31. The zero-order valence-corrected chi connectivity index (χ0v) is 8.35. The van der Waals surface area contributed by atoms with Crippen molar-refractivity contribution in [3.8, 4) is 0 Å². The smallest absolute Gasteiger partial charge is 0.483 e. The summed E-state index contributed by atoms with van der Waals surface area (Å²) in [5.74, 6) is 0. The van der Waals surface area contributed by atoms with Gasteiger partial charge >= 0.3 is 16.8 Å². The standard InChI is InChI=1S/C5H5.C2H2O5.CH3.Co/c1-2-4-5-3-1;3-1(4)7-2(5)6;;/h1-3H,4H2;(H,3,4)(H,5,6);1H3;/q-1;;-1;+2/p-2. The monoisotopic (exact) mass is 243 g/mol. The van der Waals surface area contributed by atoms with Crippen molar-refractivity contribution in [1.29, 1.82) is 0 Å². The van der Waals surface area contributed by atoms with E-state index >= 15 is 0 Å². The summed E-state index contributed by atoms with van der Waals surface area (Å²) < 4.78 is 2.86. The molecule has 0 aromatic heterocycles. The maximum absolute atomic E-state index is 9.06. The number of carboxylic acid groups (broad SMARTS) is 2. The van der Waals surface area contributed by atoms with Gasteiger partial charge in [0.2, 0.25) is 0 Å². The number of allylic oxidation sites excluding steroid dienone is 4. The van der Waals surface area contributed by atoms with E-state index in [1.54, 1.807) is 0 Å². The minimum absolute atomic E-state index is 0. The number of hydrogen-bond acceptors (Lipinski definition) is 5. The molecule has 1 radical (unpaired) electrons. The summed E-state index contributed by atoms with van der Waals surface area (Å²) >= 11 is 0. The predicted molar refractivity (Wildman–Crippen MR) is 39.9 cm³/mol. The fourth-order valence-electron chi connectivity index (χ4n) is 0.408. The van der Waals surface area contributed by atoms with Gasteiger partial charge in [0, 0.05) is 0 Å². The molecule has 0 amide bonds. The second-order valence-corrected chi connectivity index (χ2v) is 1.61. The Kier molecular flexibility index (Phi) is 15.5. The van der Waals surface area contributed by atoms with E-state index in [2.05, 4.69) is 16.9 Å². The molecule has 0 unspecified atom stereocenters. The van der Waals surface area contributed by atoms with Crippen LogP contribution < -0.4 is 10.2 Å². The van der Waals surface area contributed by atoms with Crippen LogP contribution >= 0.6 is 0 Å². The molecule has 5 nitrogen and oxygen atoms in total. The predicted octanol–water partition coefficient (Wildman–Crippen LogP) is -0.557. The van der Waals surface area contributed by atoms with Crippen molar-refractivity contribution in [2.45, 2.75) is 6.42 Å². The van der Waals surface area contributed by atoms with Crippen molar-refractivity contribution in [3.05, 3.63) is 31.7 Å². The van der Waals surface area contributed by atoms with E-state index in [9.17, 15) is 0 Å². The van der Waals surface area contributed by atoms with Crippen molar-refractivity contribution in [3.63, 3.8) is 0 Å².